The van der Waals surface area contributed by atoms with Crippen LogP contribution in [0.5, 0.6) is 5.75 Å². The van der Waals surface area contributed by atoms with E-state index in [0.717, 1.165) is 11.1 Å². The van der Waals surface area contributed by atoms with E-state index in [2.05, 4.69) is 5.32 Å². The first-order chi connectivity index (χ1) is 13.7. The van der Waals surface area contributed by atoms with E-state index in [1.165, 1.54) is 6.07 Å². The Bertz CT molecular complexity index is 775. The van der Waals surface area contributed by atoms with Crippen molar-refractivity contribution < 1.29 is 24.5 Å². The van der Waals surface area contributed by atoms with Crippen LogP contribution in [0.25, 0.3) is 0 Å². The number of carbonyl (C=O) groups excluding carboxylic acids is 2. The predicted molar refractivity (Wildman–Crippen MR) is 109 cm³/mol. The second kappa shape index (κ2) is 12.5. The second-order valence-electron chi connectivity index (χ2n) is 6.92. The lowest BCUT2D eigenvalue weighted by Gasteiger charge is -2.15. The summed E-state index contributed by atoms with van der Waals surface area (Å²) >= 11 is 0. The highest BCUT2D eigenvalue weighted by Crippen LogP contribution is 2.12. The van der Waals surface area contributed by atoms with Gasteiger partial charge in [0.25, 0.3) is 0 Å². The van der Waals surface area contributed by atoms with Crippen molar-refractivity contribution in [2.24, 2.45) is 5.73 Å². The maximum absolute atomic E-state index is 10.7. The largest absolute Gasteiger partial charge is 0.545 e. The molecule has 0 aliphatic rings. The van der Waals surface area contributed by atoms with Gasteiger partial charge in [-0.25, -0.2) is 0 Å². The molecule has 1 amide bonds. The molecule has 1 atom stereocenters. The Morgan fingerprint density at radius 3 is 2.24 bits per heavy atom. The van der Waals surface area contributed by atoms with Crippen LogP contribution in [-0.2, 0) is 11.2 Å². The number of benzene rings is 2. The lowest BCUT2D eigenvalue weighted by atomic mass is 10.1. The van der Waals surface area contributed by atoms with Gasteiger partial charge in [-0.3, -0.25) is 4.79 Å². The van der Waals surface area contributed by atoms with Gasteiger partial charge in [0.2, 0.25) is 5.91 Å². The van der Waals surface area contributed by atoms with E-state index in [9.17, 15) is 19.8 Å². The Hall–Kier alpha value is -2.90. The molecule has 29 heavy (non-hydrogen) atoms. The van der Waals surface area contributed by atoms with Crippen LogP contribution in [0.4, 0.5) is 0 Å². The number of amides is 1. The van der Waals surface area contributed by atoms with E-state index >= 15 is 0 Å². The third-order valence-electron chi connectivity index (χ3n) is 3.87. The Kier molecular flexibility index (Phi) is 10.4. The van der Waals surface area contributed by atoms with Gasteiger partial charge in [0, 0.05) is 18.2 Å². The number of rotatable bonds is 9. The highest BCUT2D eigenvalue weighted by molar-refractivity contribution is 5.87. The van der Waals surface area contributed by atoms with Crippen molar-refractivity contribution in [1.29, 1.82) is 0 Å². The van der Waals surface area contributed by atoms with Crippen LogP contribution in [-0.4, -0.2) is 42.3 Å². The van der Waals surface area contributed by atoms with E-state index in [4.69, 9.17) is 10.5 Å². The minimum Gasteiger partial charge on any atom is -0.545 e. The molecule has 7 heteroatoms. The lowest BCUT2D eigenvalue weighted by Crippen LogP contribution is -2.35. The van der Waals surface area contributed by atoms with Gasteiger partial charge in [0.05, 0.1) is 12.4 Å². The van der Waals surface area contributed by atoms with Crippen LogP contribution >= 0.6 is 0 Å². The molecule has 0 heterocycles. The van der Waals surface area contributed by atoms with Gasteiger partial charge < -0.3 is 30.8 Å². The summed E-state index contributed by atoms with van der Waals surface area (Å²) in [5.41, 5.74) is 6.96. The zero-order chi connectivity index (χ0) is 21.8. The number of aryl methyl sites for hydroxylation is 1. The van der Waals surface area contributed by atoms with Crippen LogP contribution in [0.3, 0.4) is 0 Å². The van der Waals surface area contributed by atoms with Crippen LogP contribution in [0.1, 0.15) is 35.3 Å². The van der Waals surface area contributed by atoms with Crippen LogP contribution in [0.2, 0.25) is 0 Å². The Labute approximate surface area is 171 Å². The summed E-state index contributed by atoms with van der Waals surface area (Å²) in [6.07, 6.45) is -0.325. The van der Waals surface area contributed by atoms with E-state index in [1.54, 1.807) is 49.4 Å². The van der Waals surface area contributed by atoms with E-state index in [-0.39, 0.29) is 24.5 Å². The number of carboxylic acid groups (broad SMARTS) is 1. The molecule has 2 aromatic carbocycles. The third-order valence-corrected chi connectivity index (χ3v) is 3.87. The Morgan fingerprint density at radius 2 is 1.76 bits per heavy atom. The van der Waals surface area contributed by atoms with Gasteiger partial charge in [0.15, 0.2) is 0 Å². The molecular weight excluding hydrogens is 372 g/mol. The molecule has 0 aromatic heterocycles. The molecule has 2 aromatic rings. The molecule has 0 saturated carbocycles. The first-order valence-corrected chi connectivity index (χ1v) is 9.37. The predicted octanol–water partition coefficient (Wildman–Crippen LogP) is 0.811. The first-order valence-electron chi connectivity index (χ1n) is 9.37. The van der Waals surface area contributed by atoms with Gasteiger partial charge >= 0.3 is 0 Å². The fraction of sp³-hybridized carbons (Fsp3) is 0.364. The van der Waals surface area contributed by atoms with Crippen LogP contribution in [0, 0.1) is 6.92 Å². The molecule has 0 spiro atoms. The molecule has 0 bridgehead atoms. The fourth-order valence-corrected chi connectivity index (χ4v) is 2.33. The summed E-state index contributed by atoms with van der Waals surface area (Å²) in [6, 6.07) is 14.2. The van der Waals surface area contributed by atoms with Crippen molar-refractivity contribution in [3.05, 3.63) is 65.2 Å². The molecule has 7 nitrogen and oxygen atoms in total. The maximum atomic E-state index is 10.7. The number of primary amides is 1. The topological polar surface area (TPSA) is 125 Å². The normalized spacial score (nSPS) is 11.3. The van der Waals surface area contributed by atoms with Crippen molar-refractivity contribution in [3.8, 4) is 5.75 Å². The van der Waals surface area contributed by atoms with Crippen molar-refractivity contribution >= 4 is 11.9 Å². The molecular formula is C22H29N2O5-. The molecule has 0 saturated heterocycles. The van der Waals surface area contributed by atoms with Crippen molar-refractivity contribution in [1.82, 2.24) is 5.32 Å². The molecule has 0 radical (unpaired) electrons. The van der Waals surface area contributed by atoms with Crippen LogP contribution < -0.4 is 20.9 Å². The van der Waals surface area contributed by atoms with E-state index in [0.29, 0.717) is 18.3 Å². The minimum atomic E-state index is -1.11. The third kappa shape index (κ3) is 10.3. The first kappa shape index (κ1) is 24.1. The quantitative estimate of drug-likeness (QED) is 0.571. The summed E-state index contributed by atoms with van der Waals surface area (Å²) in [5, 5.41) is 23.1. The Balaban J connectivity index is 0.000000352. The summed E-state index contributed by atoms with van der Waals surface area (Å²) < 4.78 is 5.45. The standard InChI is InChI=1S/C14H22N2O3.C8H8O2/c1-10(2)16-8-12(17)9-19-13-5-3-11(4-6-13)7-14(15)18;1-6-4-2-3-5-7(6)8(9)10/h3-6,10,12,16-17H,7-9H2,1-2H3,(H2,15,18);2-5H,1H3,(H,9,10)/p-1/t12-;/m0./s1. The number of ether oxygens (including phenoxy) is 1. The molecule has 158 valence electrons. The molecule has 2 rings (SSSR count). The van der Waals surface area contributed by atoms with E-state index in [1.807, 2.05) is 13.8 Å². The fourth-order valence-electron chi connectivity index (χ4n) is 2.33. The number of nitrogens with one attached hydrogen (secondary N) is 1. The van der Waals surface area contributed by atoms with Crippen LogP contribution in [0.15, 0.2) is 48.5 Å². The monoisotopic (exact) mass is 401 g/mol. The zero-order valence-corrected chi connectivity index (χ0v) is 17.1. The highest BCUT2D eigenvalue weighted by atomic mass is 16.5. The number of hydrogen-bond acceptors (Lipinski definition) is 6. The number of carbonyl (C=O) groups is 2. The summed E-state index contributed by atoms with van der Waals surface area (Å²) in [7, 11) is 0. The molecule has 4 N–H and O–H groups in total. The summed E-state index contributed by atoms with van der Waals surface area (Å²) in [5.74, 6) is -0.807. The molecule has 0 unspecified atom stereocenters. The number of aliphatic hydroxyl groups excluding tert-OH is 1. The number of hydrogen-bond donors (Lipinski definition) is 3. The molecule has 0 fully saturated rings. The number of aliphatic hydroxyl groups is 1. The highest BCUT2D eigenvalue weighted by Gasteiger charge is 2.06. The minimum absolute atomic E-state index is 0.223. The van der Waals surface area contributed by atoms with Crippen molar-refractivity contribution in [2.45, 2.75) is 39.3 Å². The SMILES string of the molecule is CC(C)NC[C@H](O)COc1ccc(CC(N)=O)cc1.Cc1ccccc1C(=O)[O-]. The molecule has 0 aliphatic carbocycles. The smallest absolute Gasteiger partial charge is 0.221 e. The van der Waals surface area contributed by atoms with Crippen molar-refractivity contribution in [2.75, 3.05) is 13.2 Å². The number of carboxylic acids is 1. The number of aromatic carboxylic acids is 1. The maximum Gasteiger partial charge on any atom is 0.221 e. The average molecular weight is 401 g/mol. The van der Waals surface area contributed by atoms with Gasteiger partial charge in [0.1, 0.15) is 18.5 Å². The number of nitrogens with two attached hydrogens (primary N) is 1. The van der Waals surface area contributed by atoms with Gasteiger partial charge in [-0.1, -0.05) is 50.2 Å². The van der Waals surface area contributed by atoms with Gasteiger partial charge in [-0.15, -0.1) is 0 Å². The molecule has 0 aliphatic heterocycles. The van der Waals surface area contributed by atoms with Gasteiger partial charge in [-0.05, 0) is 30.2 Å². The average Bonchev–Trinajstić information content (AvgIpc) is 2.66. The Morgan fingerprint density at radius 1 is 1.14 bits per heavy atom. The zero-order valence-electron chi connectivity index (χ0n) is 17.1. The van der Waals surface area contributed by atoms with Crippen molar-refractivity contribution in [3.63, 3.8) is 0 Å². The van der Waals surface area contributed by atoms with E-state index < -0.39 is 12.1 Å². The van der Waals surface area contributed by atoms with Gasteiger partial charge in [-0.2, -0.15) is 0 Å². The second-order valence-corrected chi connectivity index (χ2v) is 6.92. The lowest BCUT2D eigenvalue weighted by molar-refractivity contribution is -0.255. The summed E-state index contributed by atoms with van der Waals surface area (Å²) in [6.45, 7) is 6.51. The summed E-state index contributed by atoms with van der Waals surface area (Å²) in [4.78, 5) is 21.1.